The van der Waals surface area contributed by atoms with Crippen molar-refractivity contribution in [2.45, 2.75) is 52.1 Å². The van der Waals surface area contributed by atoms with Crippen LogP contribution in [-0.2, 0) is 0 Å². The first-order valence-corrected chi connectivity index (χ1v) is 3.91. The van der Waals surface area contributed by atoms with Crippen molar-refractivity contribution in [1.29, 1.82) is 0 Å². The summed E-state index contributed by atoms with van der Waals surface area (Å²) in [6.07, 6.45) is 7.33. The van der Waals surface area contributed by atoms with Gasteiger partial charge in [-0.2, -0.15) is 0 Å². The molecule has 1 heteroatoms. The molecular weight excluding hydrogens is 112 g/mol. The van der Waals surface area contributed by atoms with E-state index in [-0.39, 0.29) is 6.10 Å². The Kier molecular flexibility index (Phi) is 6.06. The monoisotopic (exact) mass is 130 g/mol. The van der Waals surface area contributed by atoms with Gasteiger partial charge in [0.1, 0.15) is 0 Å². The molecule has 1 N–H and O–H groups in total. The maximum Gasteiger partial charge on any atom is 0.0483 e. The first-order valence-electron chi connectivity index (χ1n) is 3.91. The molecule has 1 nitrogen and oxygen atoms in total. The van der Waals surface area contributed by atoms with Gasteiger partial charge in [-0.15, -0.1) is 0 Å². The molecule has 1 fully saturated rings. The number of rotatable bonds is 0. The topological polar surface area (TPSA) is 20.2 Å². The van der Waals surface area contributed by atoms with Crippen molar-refractivity contribution in [3.63, 3.8) is 0 Å². The number of aliphatic hydroxyl groups is 1. The van der Waals surface area contributed by atoms with E-state index in [0.717, 1.165) is 0 Å². The smallest absolute Gasteiger partial charge is 0.0483 e. The van der Waals surface area contributed by atoms with E-state index in [1.165, 1.54) is 32.1 Å². The zero-order valence-corrected chi connectivity index (χ0v) is 6.56. The third-order valence-corrected chi connectivity index (χ3v) is 1.25. The molecule has 0 aromatic carbocycles. The van der Waals surface area contributed by atoms with Crippen LogP contribution < -0.4 is 0 Å². The van der Waals surface area contributed by atoms with Crippen LogP contribution in [0.5, 0.6) is 0 Å². The quantitative estimate of drug-likeness (QED) is 0.533. The summed E-state index contributed by atoms with van der Waals surface area (Å²) in [5, 5.41) is 8.06. The third kappa shape index (κ3) is 11.5. The fourth-order valence-corrected chi connectivity index (χ4v) is 0.884. The molecule has 0 unspecified atom stereocenters. The fourth-order valence-electron chi connectivity index (χ4n) is 0.884. The summed E-state index contributed by atoms with van der Waals surface area (Å²) in [6.45, 7) is 3.44. The van der Waals surface area contributed by atoms with E-state index in [9.17, 15) is 0 Å². The lowest BCUT2D eigenvalue weighted by Crippen LogP contribution is -1.85. The molecule has 0 saturated heterocycles. The van der Waals surface area contributed by atoms with Crippen LogP contribution in [0, 0.1) is 0 Å². The summed E-state index contributed by atoms with van der Waals surface area (Å²) in [7, 11) is 0. The summed E-state index contributed by atoms with van der Waals surface area (Å²) < 4.78 is 0. The summed E-state index contributed by atoms with van der Waals surface area (Å²) >= 11 is 0. The Labute approximate surface area is 58.1 Å². The van der Waals surface area contributed by atoms with E-state index in [4.69, 9.17) is 5.11 Å². The number of hydrogen-bond acceptors (Lipinski definition) is 1. The zero-order chi connectivity index (χ0) is 7.11. The van der Waals surface area contributed by atoms with Crippen molar-refractivity contribution in [2.24, 2.45) is 0 Å². The second-order valence-corrected chi connectivity index (χ2v) is 2.86. The molecule has 1 aliphatic rings. The maximum atomic E-state index is 8.06. The molecule has 1 aliphatic carbocycles. The van der Waals surface area contributed by atoms with Gasteiger partial charge >= 0.3 is 0 Å². The Bertz CT molecular complexity index is 36.2. The molecule has 0 spiro atoms. The Morgan fingerprint density at radius 2 is 1.00 bits per heavy atom. The van der Waals surface area contributed by atoms with Crippen LogP contribution in [0.15, 0.2) is 0 Å². The molecule has 0 atom stereocenters. The zero-order valence-electron chi connectivity index (χ0n) is 6.56. The Balaban J connectivity index is 0.000000148. The van der Waals surface area contributed by atoms with Gasteiger partial charge in [0, 0.05) is 6.10 Å². The van der Waals surface area contributed by atoms with Gasteiger partial charge in [0.05, 0.1) is 0 Å². The van der Waals surface area contributed by atoms with Gasteiger partial charge in [0.15, 0.2) is 0 Å². The minimum atomic E-state index is -0.167. The lowest BCUT2D eigenvalue weighted by Gasteiger charge is -1.80. The van der Waals surface area contributed by atoms with E-state index in [1.54, 1.807) is 13.8 Å². The van der Waals surface area contributed by atoms with Crippen LogP contribution in [-0.4, -0.2) is 11.2 Å². The van der Waals surface area contributed by atoms with Gasteiger partial charge in [-0.3, -0.25) is 0 Å². The van der Waals surface area contributed by atoms with Crippen LogP contribution in [0.4, 0.5) is 0 Å². The van der Waals surface area contributed by atoms with E-state index in [0.29, 0.717) is 0 Å². The van der Waals surface area contributed by atoms with Crippen molar-refractivity contribution in [2.75, 3.05) is 0 Å². The van der Waals surface area contributed by atoms with Gasteiger partial charge in [0.2, 0.25) is 0 Å². The fraction of sp³-hybridized carbons (Fsp3) is 1.00. The molecule has 0 bridgehead atoms. The average Bonchev–Trinajstić information content (AvgIpc) is 2.11. The van der Waals surface area contributed by atoms with Crippen molar-refractivity contribution in [3.05, 3.63) is 0 Å². The molecule has 1 rings (SSSR count). The minimum Gasteiger partial charge on any atom is -0.394 e. The number of hydrogen-bond donors (Lipinski definition) is 1. The van der Waals surface area contributed by atoms with Crippen LogP contribution in [0.3, 0.4) is 0 Å². The van der Waals surface area contributed by atoms with Gasteiger partial charge < -0.3 is 5.11 Å². The van der Waals surface area contributed by atoms with Crippen LogP contribution >= 0.6 is 0 Å². The average molecular weight is 130 g/mol. The summed E-state index contributed by atoms with van der Waals surface area (Å²) in [6, 6.07) is 0. The molecule has 9 heavy (non-hydrogen) atoms. The van der Waals surface area contributed by atoms with E-state index >= 15 is 0 Å². The largest absolute Gasteiger partial charge is 0.394 e. The highest BCUT2D eigenvalue weighted by atomic mass is 16.3. The molecule has 0 aromatic rings. The van der Waals surface area contributed by atoms with Crippen LogP contribution in [0.2, 0.25) is 0 Å². The highest BCUT2D eigenvalue weighted by Crippen LogP contribution is 2.15. The Morgan fingerprint density at radius 1 is 0.889 bits per heavy atom. The summed E-state index contributed by atoms with van der Waals surface area (Å²) in [4.78, 5) is 0. The van der Waals surface area contributed by atoms with Crippen LogP contribution in [0.25, 0.3) is 0 Å². The highest BCUT2D eigenvalue weighted by Gasteiger charge is 1.95. The predicted octanol–water partition coefficient (Wildman–Crippen LogP) is 2.34. The van der Waals surface area contributed by atoms with Gasteiger partial charge in [-0.25, -0.2) is 0 Å². The summed E-state index contributed by atoms with van der Waals surface area (Å²) in [5.74, 6) is 0. The Hall–Kier alpha value is -0.0400. The third-order valence-electron chi connectivity index (χ3n) is 1.25. The molecule has 0 aliphatic heterocycles. The normalized spacial score (nSPS) is 17.3. The molecule has 0 radical (unpaired) electrons. The van der Waals surface area contributed by atoms with Crippen molar-refractivity contribution >= 4 is 0 Å². The molecule has 0 amide bonds. The van der Waals surface area contributed by atoms with Gasteiger partial charge in [-0.1, -0.05) is 32.1 Å². The standard InChI is InChI=1S/C5H10.C3H8O/c1-2-4-5-3-1;1-3(2)4/h1-5H2;3-4H,1-2H3. The van der Waals surface area contributed by atoms with E-state index < -0.39 is 0 Å². The SMILES string of the molecule is C1CCCC1.CC(C)O. The second-order valence-electron chi connectivity index (χ2n) is 2.86. The molecule has 0 aromatic heterocycles. The molecular formula is C8H18O. The van der Waals surface area contributed by atoms with Crippen molar-refractivity contribution in [1.82, 2.24) is 0 Å². The van der Waals surface area contributed by atoms with Gasteiger partial charge in [-0.05, 0) is 13.8 Å². The second kappa shape index (κ2) is 6.09. The van der Waals surface area contributed by atoms with E-state index in [2.05, 4.69) is 0 Å². The lowest BCUT2D eigenvalue weighted by molar-refractivity contribution is 0.216. The highest BCUT2D eigenvalue weighted by molar-refractivity contribution is 4.51. The maximum absolute atomic E-state index is 8.06. The van der Waals surface area contributed by atoms with Crippen LogP contribution in [0.1, 0.15) is 46.0 Å². The molecule has 56 valence electrons. The Morgan fingerprint density at radius 3 is 1.11 bits per heavy atom. The first kappa shape index (κ1) is 8.96. The molecule has 0 heterocycles. The predicted molar refractivity (Wildman–Crippen MR) is 40.4 cm³/mol. The first-order chi connectivity index (χ1) is 4.23. The van der Waals surface area contributed by atoms with E-state index in [1.807, 2.05) is 0 Å². The summed E-state index contributed by atoms with van der Waals surface area (Å²) in [5.41, 5.74) is 0. The number of aliphatic hydroxyl groups excluding tert-OH is 1. The van der Waals surface area contributed by atoms with Crippen molar-refractivity contribution < 1.29 is 5.11 Å². The lowest BCUT2D eigenvalue weighted by atomic mass is 10.4. The minimum absolute atomic E-state index is 0.167. The van der Waals surface area contributed by atoms with Crippen molar-refractivity contribution in [3.8, 4) is 0 Å². The van der Waals surface area contributed by atoms with Gasteiger partial charge in [0.25, 0.3) is 0 Å². The molecule has 1 saturated carbocycles.